The number of halogens is 2. The van der Waals surface area contributed by atoms with E-state index in [0.717, 1.165) is 16.7 Å². The summed E-state index contributed by atoms with van der Waals surface area (Å²) in [4.78, 5) is 29.3. The second-order valence-electron chi connectivity index (χ2n) is 7.12. The lowest BCUT2D eigenvalue weighted by molar-refractivity contribution is -0.118. The van der Waals surface area contributed by atoms with E-state index in [2.05, 4.69) is 10.3 Å². The maximum Gasteiger partial charge on any atom is 0.287 e. The molecular weight excluding hydrogens is 416 g/mol. The monoisotopic (exact) mass is 437 g/mol. The molecule has 3 N–H and O–H groups in total. The van der Waals surface area contributed by atoms with Crippen molar-refractivity contribution in [1.29, 1.82) is 0 Å². The van der Waals surface area contributed by atoms with Crippen LogP contribution in [0.25, 0.3) is 11.4 Å². The van der Waals surface area contributed by atoms with Crippen LogP contribution in [-0.2, 0) is 11.3 Å². The first-order valence-electron chi connectivity index (χ1n) is 9.49. The highest BCUT2D eigenvalue weighted by Crippen LogP contribution is 2.38. The molecule has 3 heterocycles. The second-order valence-corrected chi connectivity index (χ2v) is 8.16. The van der Waals surface area contributed by atoms with Crippen LogP contribution in [0.2, 0.25) is 0 Å². The van der Waals surface area contributed by atoms with Crippen molar-refractivity contribution < 1.29 is 23.1 Å². The van der Waals surface area contributed by atoms with E-state index in [9.17, 15) is 18.4 Å². The summed E-state index contributed by atoms with van der Waals surface area (Å²) >= 11 is 1.02. The minimum atomic E-state index is -2.65. The number of nitrogens with one attached hydrogen (secondary N) is 1. The molecule has 1 unspecified atom stereocenters. The topological polar surface area (TPSA) is 102 Å². The lowest BCUT2D eigenvalue weighted by atomic mass is 10.1. The molecular formula is C19H21F2N5O3S. The van der Waals surface area contributed by atoms with Crippen molar-refractivity contribution in [1.82, 2.24) is 9.55 Å². The zero-order valence-electron chi connectivity index (χ0n) is 16.2. The number of carbonyl (C=O) groups excluding carboxylic acids is 2. The lowest BCUT2D eigenvalue weighted by Crippen LogP contribution is -2.46. The molecule has 2 aliphatic rings. The SMILES string of the molecule is CC(Nc1ccc2c(c1)OCCn1cc(N3C(=O)SCC[C@H]3C(F)F)nc1-2)C(N)=O. The zero-order valence-corrected chi connectivity index (χ0v) is 17.0. The quantitative estimate of drug-likeness (QED) is 0.746. The average molecular weight is 437 g/mol. The van der Waals surface area contributed by atoms with Crippen molar-refractivity contribution in [2.24, 2.45) is 5.73 Å². The van der Waals surface area contributed by atoms with Crippen LogP contribution in [0.5, 0.6) is 5.75 Å². The van der Waals surface area contributed by atoms with E-state index >= 15 is 0 Å². The van der Waals surface area contributed by atoms with Crippen LogP contribution in [0.4, 0.5) is 25.1 Å². The van der Waals surface area contributed by atoms with E-state index in [0.29, 0.717) is 41.7 Å². The number of nitrogens with two attached hydrogens (primary N) is 1. The van der Waals surface area contributed by atoms with Gasteiger partial charge in [0.1, 0.15) is 30.3 Å². The predicted molar refractivity (Wildman–Crippen MR) is 110 cm³/mol. The van der Waals surface area contributed by atoms with Crippen LogP contribution in [0.3, 0.4) is 0 Å². The Kier molecular flexibility index (Phi) is 5.54. The number of amides is 2. The maximum absolute atomic E-state index is 13.5. The number of imidazole rings is 1. The molecule has 4 rings (SSSR count). The summed E-state index contributed by atoms with van der Waals surface area (Å²) < 4.78 is 34.7. The van der Waals surface area contributed by atoms with Crippen LogP contribution in [0, 0.1) is 0 Å². The Labute approximate surface area is 175 Å². The molecule has 8 nitrogen and oxygen atoms in total. The van der Waals surface area contributed by atoms with E-state index in [1.54, 1.807) is 35.9 Å². The average Bonchev–Trinajstić information content (AvgIpc) is 3.03. The standard InChI is InChI=1S/C19H21F2N5O3S/c1-10(17(22)27)23-11-2-3-12-14(8-11)29-6-5-25-9-15(24-18(12)25)26-13(16(20)21)4-7-30-19(26)28/h2-3,8-10,13,16,23H,4-7H2,1H3,(H2,22,27)/t10?,13-/m0/s1. The third-order valence-corrected chi connectivity index (χ3v) is 5.97. The number of alkyl halides is 2. The number of hydrogen-bond donors (Lipinski definition) is 2. The van der Waals surface area contributed by atoms with Crippen molar-refractivity contribution in [3.8, 4) is 17.1 Å². The molecule has 0 aliphatic carbocycles. The zero-order chi connectivity index (χ0) is 21.4. The number of thioether (sulfide) groups is 1. The highest BCUT2D eigenvalue weighted by Gasteiger charge is 2.38. The number of ether oxygens (including phenoxy) is 1. The number of benzene rings is 1. The number of carbonyl (C=O) groups is 2. The van der Waals surface area contributed by atoms with Crippen molar-refractivity contribution in [2.45, 2.75) is 38.4 Å². The predicted octanol–water partition coefficient (Wildman–Crippen LogP) is 2.93. The highest BCUT2D eigenvalue weighted by atomic mass is 32.2. The van der Waals surface area contributed by atoms with Gasteiger partial charge in [0, 0.05) is 23.7 Å². The third-order valence-electron chi connectivity index (χ3n) is 5.09. The van der Waals surface area contributed by atoms with Crippen molar-refractivity contribution in [2.75, 3.05) is 22.6 Å². The Hall–Kier alpha value is -2.82. The van der Waals surface area contributed by atoms with Gasteiger partial charge >= 0.3 is 0 Å². The van der Waals surface area contributed by atoms with Crippen LogP contribution < -0.4 is 20.7 Å². The van der Waals surface area contributed by atoms with Gasteiger partial charge in [-0.15, -0.1) is 0 Å². The van der Waals surface area contributed by atoms with E-state index < -0.39 is 29.7 Å². The highest BCUT2D eigenvalue weighted by molar-refractivity contribution is 8.14. The van der Waals surface area contributed by atoms with Gasteiger partial charge in [-0.2, -0.15) is 0 Å². The fourth-order valence-corrected chi connectivity index (χ4v) is 4.40. The number of rotatable bonds is 5. The Morgan fingerprint density at radius 2 is 2.23 bits per heavy atom. The minimum absolute atomic E-state index is 0.211. The number of anilines is 2. The molecule has 1 aromatic heterocycles. The molecule has 0 saturated carbocycles. The van der Waals surface area contributed by atoms with Gasteiger partial charge in [-0.25, -0.2) is 13.8 Å². The molecule has 2 aliphatic heterocycles. The summed E-state index contributed by atoms with van der Waals surface area (Å²) in [5.74, 6) is 1.17. The summed E-state index contributed by atoms with van der Waals surface area (Å²) in [6.45, 7) is 2.44. The second kappa shape index (κ2) is 8.13. The third kappa shape index (κ3) is 3.81. The number of aromatic nitrogens is 2. The number of fused-ring (bicyclic) bond motifs is 3. The van der Waals surface area contributed by atoms with E-state index in [4.69, 9.17) is 10.5 Å². The number of hydrogen-bond acceptors (Lipinski definition) is 6. The molecule has 2 amide bonds. The molecule has 2 aromatic rings. The molecule has 0 spiro atoms. The summed E-state index contributed by atoms with van der Waals surface area (Å²) in [5, 5.41) is 2.58. The first kappa shape index (κ1) is 20.5. The van der Waals surface area contributed by atoms with Gasteiger partial charge in [-0.1, -0.05) is 11.8 Å². The number of primary amides is 1. The van der Waals surface area contributed by atoms with Crippen molar-refractivity contribution in [3.05, 3.63) is 24.4 Å². The first-order chi connectivity index (χ1) is 14.3. The molecule has 0 bridgehead atoms. The Morgan fingerprint density at radius 3 is 2.97 bits per heavy atom. The fraction of sp³-hybridized carbons (Fsp3) is 0.421. The normalized spacial score (nSPS) is 19.5. The lowest BCUT2D eigenvalue weighted by Gasteiger charge is -2.32. The van der Waals surface area contributed by atoms with Gasteiger partial charge in [0.2, 0.25) is 5.91 Å². The molecule has 2 atom stereocenters. The van der Waals surface area contributed by atoms with Crippen LogP contribution >= 0.6 is 11.8 Å². The van der Waals surface area contributed by atoms with Gasteiger partial charge in [0.05, 0.1) is 12.1 Å². The maximum atomic E-state index is 13.5. The van der Waals surface area contributed by atoms with E-state index in [1.165, 1.54) is 0 Å². The van der Waals surface area contributed by atoms with E-state index in [1.807, 2.05) is 0 Å². The Morgan fingerprint density at radius 1 is 1.43 bits per heavy atom. The molecule has 0 radical (unpaired) electrons. The molecule has 11 heteroatoms. The largest absolute Gasteiger partial charge is 0.491 e. The summed E-state index contributed by atoms with van der Waals surface area (Å²) in [6.07, 6.45) is -0.815. The molecule has 1 fully saturated rings. The summed E-state index contributed by atoms with van der Waals surface area (Å²) in [7, 11) is 0. The van der Waals surface area contributed by atoms with Crippen LogP contribution in [0.15, 0.2) is 24.4 Å². The van der Waals surface area contributed by atoms with Crippen molar-refractivity contribution >= 4 is 34.4 Å². The van der Waals surface area contributed by atoms with Gasteiger partial charge in [0.15, 0.2) is 5.82 Å². The first-order valence-corrected chi connectivity index (χ1v) is 10.5. The van der Waals surface area contributed by atoms with Gasteiger partial charge in [0.25, 0.3) is 11.7 Å². The van der Waals surface area contributed by atoms with Gasteiger partial charge < -0.3 is 20.4 Å². The molecule has 1 saturated heterocycles. The van der Waals surface area contributed by atoms with Crippen LogP contribution in [0.1, 0.15) is 13.3 Å². The van der Waals surface area contributed by atoms with Crippen molar-refractivity contribution in [3.63, 3.8) is 0 Å². The Bertz CT molecular complexity index is 983. The number of nitrogens with zero attached hydrogens (tertiary/aromatic N) is 3. The summed E-state index contributed by atoms with van der Waals surface area (Å²) in [6, 6.07) is 3.53. The summed E-state index contributed by atoms with van der Waals surface area (Å²) in [5.41, 5.74) is 6.62. The van der Waals surface area contributed by atoms with Gasteiger partial charge in [-0.3, -0.25) is 14.5 Å². The van der Waals surface area contributed by atoms with Gasteiger partial charge in [-0.05, 0) is 25.5 Å². The molecule has 1 aromatic carbocycles. The Balaban J connectivity index is 1.69. The minimum Gasteiger partial charge on any atom is -0.491 e. The van der Waals surface area contributed by atoms with E-state index in [-0.39, 0.29) is 12.2 Å². The van der Waals surface area contributed by atoms with Crippen LogP contribution in [-0.4, -0.2) is 51.6 Å². The fourth-order valence-electron chi connectivity index (χ4n) is 3.50. The molecule has 160 valence electrons. The smallest absolute Gasteiger partial charge is 0.287 e. The molecule has 30 heavy (non-hydrogen) atoms.